The molecule has 2 aliphatic carbocycles. The number of likely N-dealkylation sites (N-methyl/N-ethyl adjacent to an activating group) is 1. The lowest BCUT2D eigenvalue weighted by atomic mass is 9.85. The number of aliphatic carboxylic acids is 1. The Morgan fingerprint density at radius 3 is 2.35 bits per heavy atom. The number of carboxylic acid groups (broad SMARTS) is 1. The fraction of sp³-hybridized carbons (Fsp3) is 0.800. The number of amides is 2. The molecule has 4 aliphatic rings. The van der Waals surface area contributed by atoms with E-state index in [0.717, 1.165) is 38.3 Å². The molecule has 8 nitrogen and oxygen atoms in total. The van der Waals surface area contributed by atoms with Gasteiger partial charge >= 0.3 is 12.1 Å². The Morgan fingerprint density at radius 1 is 1.23 bits per heavy atom. The van der Waals surface area contributed by atoms with Crippen molar-refractivity contribution in [3.8, 4) is 0 Å². The summed E-state index contributed by atoms with van der Waals surface area (Å²) < 4.78 is 31.7. The van der Waals surface area contributed by atoms with Gasteiger partial charge in [0.1, 0.15) is 11.4 Å². The number of carboxylic acids is 1. The SMILES string of the molecule is CC1=N[C@@]2(CC[C@@H]3CN(CC(=O)N(C)C)C[C@@H]32)C(=O)N1CC1CC1.O=C(O)C(F)(F)F. The van der Waals surface area contributed by atoms with E-state index in [1.54, 1.807) is 19.0 Å². The number of likely N-dealkylation sites (tertiary alicyclic amines) is 1. The van der Waals surface area contributed by atoms with Gasteiger partial charge in [0.2, 0.25) is 5.91 Å². The van der Waals surface area contributed by atoms with Gasteiger partial charge in [-0.15, -0.1) is 0 Å². The molecule has 1 spiro atoms. The Morgan fingerprint density at radius 2 is 1.84 bits per heavy atom. The highest BCUT2D eigenvalue weighted by atomic mass is 19.4. The molecule has 31 heavy (non-hydrogen) atoms. The molecule has 3 atom stereocenters. The largest absolute Gasteiger partial charge is 0.490 e. The van der Waals surface area contributed by atoms with Crippen molar-refractivity contribution in [1.82, 2.24) is 14.7 Å². The van der Waals surface area contributed by atoms with Crippen molar-refractivity contribution < 1.29 is 32.7 Å². The summed E-state index contributed by atoms with van der Waals surface area (Å²) in [6.45, 7) is 5.06. The van der Waals surface area contributed by atoms with E-state index in [-0.39, 0.29) is 17.7 Å². The Kier molecular flexibility index (Phi) is 6.37. The van der Waals surface area contributed by atoms with Crippen LogP contribution in [0.2, 0.25) is 0 Å². The number of aliphatic imine (C=N–C) groups is 1. The third-order valence-electron chi connectivity index (χ3n) is 6.63. The molecule has 11 heteroatoms. The lowest BCUT2D eigenvalue weighted by molar-refractivity contribution is -0.192. The van der Waals surface area contributed by atoms with Crippen molar-refractivity contribution in [1.29, 1.82) is 0 Å². The third-order valence-corrected chi connectivity index (χ3v) is 6.63. The number of carbonyl (C=O) groups excluding carboxylic acids is 2. The van der Waals surface area contributed by atoms with E-state index < -0.39 is 17.7 Å². The molecule has 0 aromatic heterocycles. The van der Waals surface area contributed by atoms with E-state index >= 15 is 0 Å². The summed E-state index contributed by atoms with van der Waals surface area (Å²) in [4.78, 5) is 44.8. The molecule has 2 heterocycles. The highest BCUT2D eigenvalue weighted by Gasteiger charge is 2.60. The molecular weight excluding hydrogens is 417 g/mol. The van der Waals surface area contributed by atoms with Crippen molar-refractivity contribution >= 4 is 23.6 Å². The quantitative estimate of drug-likeness (QED) is 0.706. The van der Waals surface area contributed by atoms with Gasteiger partial charge in [0, 0.05) is 39.6 Å². The van der Waals surface area contributed by atoms with Crippen LogP contribution >= 0.6 is 0 Å². The molecule has 2 saturated carbocycles. The van der Waals surface area contributed by atoms with Crippen molar-refractivity contribution in [2.45, 2.75) is 44.3 Å². The van der Waals surface area contributed by atoms with Crippen LogP contribution in [0.3, 0.4) is 0 Å². The van der Waals surface area contributed by atoms with Crippen molar-refractivity contribution in [3.63, 3.8) is 0 Å². The number of hydrogen-bond acceptors (Lipinski definition) is 5. The standard InChI is InChI=1S/C18H28N4O2.C2HF3O2/c1-12-19-18(17(24)22(12)8-13-4-5-13)7-6-14-9-21(10-15(14)18)11-16(23)20(2)3;3-2(4,5)1(6)7/h13-15H,4-11H2,1-3H3;(H,6,7)/t14-,15+,18-;/m1./s1. The highest BCUT2D eigenvalue weighted by Crippen LogP contribution is 2.50. The highest BCUT2D eigenvalue weighted by molar-refractivity contribution is 6.07. The lowest BCUT2D eigenvalue weighted by Gasteiger charge is -2.28. The fourth-order valence-electron chi connectivity index (χ4n) is 4.80. The maximum absolute atomic E-state index is 13.2. The first-order valence-corrected chi connectivity index (χ1v) is 10.5. The average Bonchev–Trinajstić information content (AvgIpc) is 3.23. The number of carbonyl (C=O) groups is 3. The number of amidine groups is 1. The minimum atomic E-state index is -5.08. The molecule has 4 rings (SSSR count). The maximum Gasteiger partial charge on any atom is 0.490 e. The van der Waals surface area contributed by atoms with Gasteiger partial charge in [0.25, 0.3) is 5.91 Å². The molecule has 0 aromatic rings. The van der Waals surface area contributed by atoms with E-state index in [1.165, 1.54) is 12.8 Å². The summed E-state index contributed by atoms with van der Waals surface area (Å²) in [6.07, 6.45) is -0.653. The summed E-state index contributed by atoms with van der Waals surface area (Å²) >= 11 is 0. The van der Waals surface area contributed by atoms with Crippen molar-refractivity contribution in [3.05, 3.63) is 0 Å². The molecule has 1 saturated heterocycles. The Hall–Kier alpha value is -2.17. The van der Waals surface area contributed by atoms with Crippen LogP contribution in [0.5, 0.6) is 0 Å². The summed E-state index contributed by atoms with van der Waals surface area (Å²) in [5.41, 5.74) is -0.528. The van der Waals surface area contributed by atoms with Crippen LogP contribution in [0, 0.1) is 17.8 Å². The Balaban J connectivity index is 0.000000339. The average molecular weight is 446 g/mol. The molecular formula is C20H29F3N4O4. The minimum Gasteiger partial charge on any atom is -0.475 e. The van der Waals surface area contributed by atoms with Gasteiger partial charge in [-0.25, -0.2) is 4.79 Å². The van der Waals surface area contributed by atoms with Crippen LogP contribution in [0.1, 0.15) is 32.6 Å². The van der Waals surface area contributed by atoms with E-state index in [4.69, 9.17) is 14.9 Å². The molecule has 0 radical (unpaired) electrons. The normalized spacial score (nSPS) is 30.2. The molecule has 3 fully saturated rings. The lowest BCUT2D eigenvalue weighted by Crippen LogP contribution is -2.47. The van der Waals surface area contributed by atoms with E-state index in [1.807, 2.05) is 11.8 Å². The minimum absolute atomic E-state index is 0.136. The van der Waals surface area contributed by atoms with Gasteiger partial charge in [-0.1, -0.05) is 0 Å². The topological polar surface area (TPSA) is 93.5 Å². The second-order valence-electron chi connectivity index (χ2n) is 9.13. The number of alkyl halides is 3. The van der Waals surface area contributed by atoms with Crippen LogP contribution in [0.4, 0.5) is 13.2 Å². The second kappa shape index (κ2) is 8.40. The summed E-state index contributed by atoms with van der Waals surface area (Å²) in [6, 6.07) is 0. The molecule has 2 aliphatic heterocycles. The molecule has 174 valence electrons. The first-order chi connectivity index (χ1) is 14.3. The second-order valence-corrected chi connectivity index (χ2v) is 9.13. The zero-order valence-corrected chi connectivity index (χ0v) is 18.0. The van der Waals surface area contributed by atoms with Crippen LogP contribution in [0.25, 0.3) is 0 Å². The van der Waals surface area contributed by atoms with Gasteiger partial charge in [0.05, 0.1) is 6.54 Å². The van der Waals surface area contributed by atoms with Crippen LogP contribution < -0.4 is 0 Å². The van der Waals surface area contributed by atoms with Gasteiger partial charge in [0.15, 0.2) is 0 Å². The predicted octanol–water partition coefficient (Wildman–Crippen LogP) is 1.46. The number of fused-ring (bicyclic) bond motifs is 2. The van der Waals surface area contributed by atoms with Gasteiger partial charge in [-0.2, -0.15) is 13.2 Å². The van der Waals surface area contributed by atoms with Crippen molar-refractivity contribution in [2.75, 3.05) is 40.3 Å². The number of halogens is 3. The smallest absolute Gasteiger partial charge is 0.475 e. The van der Waals surface area contributed by atoms with E-state index in [9.17, 15) is 22.8 Å². The number of nitrogens with zero attached hydrogens (tertiary/aromatic N) is 4. The number of rotatable bonds is 4. The van der Waals surface area contributed by atoms with Gasteiger partial charge < -0.3 is 10.0 Å². The van der Waals surface area contributed by atoms with Crippen LogP contribution in [-0.2, 0) is 14.4 Å². The fourth-order valence-corrected chi connectivity index (χ4v) is 4.80. The van der Waals surface area contributed by atoms with Gasteiger partial charge in [-0.05, 0) is 44.4 Å². The summed E-state index contributed by atoms with van der Waals surface area (Å²) in [5.74, 6) is -0.00967. The molecule has 1 N–H and O–H groups in total. The van der Waals surface area contributed by atoms with E-state index in [2.05, 4.69) is 4.90 Å². The zero-order chi connectivity index (χ0) is 23.1. The van der Waals surface area contributed by atoms with Gasteiger partial charge in [-0.3, -0.25) is 24.4 Å². The monoisotopic (exact) mass is 446 g/mol. The first-order valence-electron chi connectivity index (χ1n) is 10.5. The maximum atomic E-state index is 13.2. The Bertz CT molecular complexity index is 781. The molecule has 2 amide bonds. The van der Waals surface area contributed by atoms with Crippen LogP contribution in [-0.4, -0.2) is 95.4 Å². The number of hydrogen-bond donors (Lipinski definition) is 1. The molecule has 0 aromatic carbocycles. The van der Waals surface area contributed by atoms with Crippen LogP contribution in [0.15, 0.2) is 4.99 Å². The molecule has 0 unspecified atom stereocenters. The summed E-state index contributed by atoms with van der Waals surface area (Å²) in [5, 5.41) is 7.12. The zero-order valence-electron chi connectivity index (χ0n) is 18.0. The first kappa shape index (κ1) is 23.5. The third kappa shape index (κ3) is 4.86. The molecule has 0 bridgehead atoms. The summed E-state index contributed by atoms with van der Waals surface area (Å²) in [7, 11) is 3.59. The Labute approximate surface area is 179 Å². The van der Waals surface area contributed by atoms with E-state index in [0.29, 0.717) is 18.4 Å². The predicted molar refractivity (Wildman–Crippen MR) is 105 cm³/mol. The van der Waals surface area contributed by atoms with Crippen molar-refractivity contribution in [2.24, 2.45) is 22.7 Å².